The van der Waals surface area contributed by atoms with Crippen LogP contribution >= 0.6 is 103 Å². The van der Waals surface area contributed by atoms with Crippen LogP contribution in [-0.4, -0.2) is 29.4 Å². The molecule has 2 aliphatic rings. The summed E-state index contributed by atoms with van der Waals surface area (Å²) >= 11 is 35.0. The van der Waals surface area contributed by atoms with Gasteiger partial charge in [0.05, 0.1) is 107 Å². The van der Waals surface area contributed by atoms with Gasteiger partial charge in [-0.25, -0.2) is 20.2 Å². The van der Waals surface area contributed by atoms with Gasteiger partial charge in [-0.1, -0.05) is 229 Å². The summed E-state index contributed by atoms with van der Waals surface area (Å²) in [5.74, 6) is 0.130. The van der Waals surface area contributed by atoms with Gasteiger partial charge >= 0.3 is 0 Å². The van der Waals surface area contributed by atoms with Crippen molar-refractivity contribution in [1.29, 1.82) is 10.5 Å². The fourth-order valence-electron chi connectivity index (χ4n) is 15.6. The van der Waals surface area contributed by atoms with E-state index >= 15 is 0 Å². The first kappa shape index (κ1) is 74.5. The van der Waals surface area contributed by atoms with Crippen molar-refractivity contribution in [2.75, 3.05) is 0 Å². The zero-order valence-corrected chi connectivity index (χ0v) is 65.9. The van der Waals surface area contributed by atoms with Crippen LogP contribution in [0, 0.1) is 47.6 Å². The van der Waals surface area contributed by atoms with Crippen molar-refractivity contribution >= 4 is 210 Å². The van der Waals surface area contributed by atoms with Gasteiger partial charge in [0.1, 0.15) is 11.0 Å². The summed E-state index contributed by atoms with van der Waals surface area (Å²) in [7, 11) is 0. The molecule has 524 valence electrons. The van der Waals surface area contributed by atoms with Crippen LogP contribution in [0.1, 0.15) is 261 Å². The molecule has 101 heavy (non-hydrogen) atoms. The van der Waals surface area contributed by atoms with Crippen LogP contribution in [0.3, 0.4) is 0 Å². The molecule has 2 unspecified atom stereocenters. The van der Waals surface area contributed by atoms with Gasteiger partial charge in [-0.2, -0.15) is 8.75 Å². The number of hydrogen-bond acceptors (Lipinski definition) is 11. The monoisotopic (exact) mass is 1510 g/mol. The third kappa shape index (κ3) is 14.5. The summed E-state index contributed by atoms with van der Waals surface area (Å²) in [4.78, 5) is 39.2. The van der Waals surface area contributed by atoms with Gasteiger partial charge in [0.2, 0.25) is 0 Å². The number of Topliss-reactive ketones (excluding diaryl/α,β-unsaturated/α-hetero) is 2. The highest BCUT2D eigenvalue weighted by atomic mass is 35.5. The summed E-state index contributed by atoms with van der Waals surface area (Å²) in [6.07, 6.45) is 35.4. The lowest BCUT2D eigenvalue weighted by Gasteiger charge is -2.20. The number of carbonyl (C=O) groups is 2. The van der Waals surface area contributed by atoms with Crippen molar-refractivity contribution in [3.8, 4) is 12.1 Å². The quantitative estimate of drug-likeness (QED) is 0.0171. The second-order valence-electron chi connectivity index (χ2n) is 27.7. The van der Waals surface area contributed by atoms with Crippen molar-refractivity contribution in [3.05, 3.63) is 133 Å². The van der Waals surface area contributed by atoms with Crippen LogP contribution in [0.5, 0.6) is 0 Å². The molecule has 0 spiro atoms. The maximum atomic E-state index is 14.9. The Morgan fingerprint density at radius 2 is 0.822 bits per heavy atom. The van der Waals surface area contributed by atoms with Crippen LogP contribution in [0.2, 0.25) is 20.1 Å². The van der Waals surface area contributed by atoms with E-state index in [4.69, 9.17) is 68.3 Å². The minimum absolute atomic E-state index is 0.166. The third-order valence-electron chi connectivity index (χ3n) is 21.1. The number of allylic oxidation sites excluding steroid dienone is 6. The number of aromatic nitrogens is 4. The van der Waals surface area contributed by atoms with Crippen molar-refractivity contribution in [2.24, 2.45) is 11.8 Å². The van der Waals surface area contributed by atoms with Gasteiger partial charge in [0.25, 0.3) is 11.4 Å². The van der Waals surface area contributed by atoms with Gasteiger partial charge < -0.3 is 9.13 Å². The van der Waals surface area contributed by atoms with Crippen LogP contribution in [0.15, 0.2) is 46.8 Å². The topological polar surface area (TPSA) is 126 Å². The van der Waals surface area contributed by atoms with Gasteiger partial charge in [-0.05, 0) is 109 Å². The van der Waals surface area contributed by atoms with Crippen LogP contribution in [0.4, 0.5) is 0 Å². The molecule has 19 heteroatoms. The first-order valence-corrected chi connectivity index (χ1v) is 42.3. The average molecular weight is 1520 g/mol. The lowest BCUT2D eigenvalue weighted by Crippen LogP contribution is -2.13. The molecular weight excluding hydrogens is 1430 g/mol. The maximum Gasteiger partial charge on any atom is 0.270 e. The molecule has 7 aromatic heterocycles. The van der Waals surface area contributed by atoms with E-state index in [9.17, 15) is 20.1 Å². The number of benzene rings is 3. The van der Waals surface area contributed by atoms with Crippen molar-refractivity contribution in [3.63, 3.8) is 0 Å². The zero-order chi connectivity index (χ0) is 71.2. The highest BCUT2D eigenvalue weighted by Crippen LogP contribution is 2.57. The van der Waals surface area contributed by atoms with Crippen molar-refractivity contribution in [1.82, 2.24) is 17.9 Å². The molecule has 0 radical (unpaired) electrons. The lowest BCUT2D eigenvalue weighted by molar-refractivity contribution is 0.103. The second-order valence-corrected chi connectivity index (χ2v) is 34.0. The van der Waals surface area contributed by atoms with Gasteiger partial charge in [0, 0.05) is 67.0 Å². The first-order valence-electron chi connectivity index (χ1n) is 36.8. The minimum atomic E-state index is -0.287. The fourth-order valence-corrected chi connectivity index (χ4v) is 22.8. The molecule has 10 aromatic rings. The summed E-state index contributed by atoms with van der Waals surface area (Å²) < 4.78 is 23.2. The lowest BCUT2D eigenvalue weighted by atomic mass is 9.98. The van der Waals surface area contributed by atoms with Crippen LogP contribution in [-0.2, 0) is 25.9 Å². The molecule has 0 saturated heterocycles. The number of nitrogens with zero attached hydrogens (tertiary/aromatic N) is 8. The Balaban J connectivity index is 1.14. The summed E-state index contributed by atoms with van der Waals surface area (Å²) in [5, 5.41) is 24.3. The molecule has 3 aromatic carbocycles. The van der Waals surface area contributed by atoms with E-state index in [0.29, 0.717) is 56.4 Å². The Kier molecular flexibility index (Phi) is 24.9. The van der Waals surface area contributed by atoms with Gasteiger partial charge in [0.15, 0.2) is 11.6 Å². The highest BCUT2D eigenvalue weighted by Gasteiger charge is 2.38. The summed E-state index contributed by atoms with van der Waals surface area (Å²) in [6.45, 7) is 31.7. The number of aryl methyl sites for hydroxylation is 2. The molecule has 0 bridgehead atoms. The minimum Gasteiger partial charge on any atom is -0.337 e. The molecule has 0 N–H and O–H groups in total. The highest BCUT2D eigenvalue weighted by molar-refractivity contribution is 7.34. The molecule has 10 nitrogen and oxygen atoms in total. The number of hydrogen-bond donors (Lipinski definition) is 0. The molecular formula is C82H86Cl4N8O2S5. The fraction of sp³-hybridized carbons (Fsp3) is 0.463. The van der Waals surface area contributed by atoms with E-state index in [1.54, 1.807) is 46.9 Å². The number of nitriles is 2. The van der Waals surface area contributed by atoms with Crippen molar-refractivity contribution in [2.45, 2.75) is 234 Å². The van der Waals surface area contributed by atoms with E-state index in [1.165, 1.54) is 141 Å². The zero-order valence-electron chi connectivity index (χ0n) is 58.8. The molecule has 7 heterocycles. The number of carbonyl (C=O) groups excluding carboxylic acids is 2. The Labute approximate surface area is 634 Å². The molecule has 0 fully saturated rings. The van der Waals surface area contributed by atoms with Gasteiger partial charge in [-0.15, -0.1) is 45.3 Å². The number of halogens is 4. The normalized spacial score (nSPS) is 15.6. The molecule has 0 saturated carbocycles. The van der Waals surface area contributed by atoms with Gasteiger partial charge in [-0.3, -0.25) is 9.59 Å². The Bertz CT molecular complexity index is 4830. The number of unbranched alkanes of at least 4 members (excludes halogenated alkanes) is 18. The van der Waals surface area contributed by atoms with Crippen LogP contribution in [0.25, 0.3) is 105 Å². The Morgan fingerprint density at radius 1 is 0.475 bits per heavy atom. The maximum absolute atomic E-state index is 14.9. The SMILES string of the molecule is [C-]#[N+]/C(C#N)=C1\C(=C\c2sc3c(sc4c5c6nsnc6c6c7sc8c(CCCCCCCCCCC)c(/C=C9\C(=O)c%10cc(Cl)c(Cl)cc%10\C9=C(\C#N)[N+]#[C-])sc8c7n(CC(CC)CCCC)c6c5n(CC(CC)CCCC)c34)c2CCCCCCCCCCC)C(=O)c2cc(Cl)c(Cl)cc21. The average Bonchev–Trinajstić information content (AvgIpc) is 1.51. The molecule has 12 rings (SSSR count). The standard InChI is InChI=1S/C82H86Cl4N8O2S5/c1-9-15-19-21-23-25-27-29-31-35-49-63(41-55-65(61(43-87)89-7)51-37-57(83)59(85)39-53(51)75(55)95)97-81-73-79(99-77(49)81)67-69-70(92-101-91-69)68-72(71(67)93(73)45-47(13-5)33-17-11-3)94(46-48(14-6)34-18-12-4)74-80(68)100-78-50(36-32-30-28-26-24-22-20-16-10-2)64(98-82(74)78)42-56-66(62(44-88)90-8)52-38-58(84)60(86)40-54(52)76(56)96/h37-42,47-48H,9-36,45-46H2,1-6H3/b55-41-,56-42-,65-61-,66-62+. The van der Waals surface area contributed by atoms with E-state index in [1.807, 2.05) is 34.8 Å². The molecule has 0 amide bonds. The number of thiophene rings is 4. The number of rotatable bonds is 34. The smallest absolute Gasteiger partial charge is 0.270 e. The molecule has 0 aliphatic heterocycles. The van der Waals surface area contributed by atoms with E-state index in [-0.39, 0.29) is 43.1 Å². The Morgan fingerprint density at radius 3 is 1.16 bits per heavy atom. The predicted molar refractivity (Wildman–Crippen MR) is 434 cm³/mol. The van der Waals surface area contributed by atoms with E-state index in [0.717, 1.165) is 157 Å². The largest absolute Gasteiger partial charge is 0.337 e. The van der Waals surface area contributed by atoms with Crippen molar-refractivity contribution < 1.29 is 9.59 Å². The van der Waals surface area contributed by atoms with Crippen LogP contribution < -0.4 is 0 Å². The number of ketones is 2. The predicted octanol–water partition coefficient (Wildman–Crippen LogP) is 28.5. The summed E-state index contributed by atoms with van der Waals surface area (Å²) in [5.41, 5.74) is 11.3. The van der Waals surface area contributed by atoms with E-state index < -0.39 is 0 Å². The second kappa shape index (κ2) is 33.7. The molecule has 2 atom stereocenters. The third-order valence-corrected chi connectivity index (χ3v) is 28.2. The Hall–Kier alpha value is -6.18. The summed E-state index contributed by atoms with van der Waals surface area (Å²) in [6, 6.07) is 10.7. The first-order chi connectivity index (χ1) is 49.2. The van der Waals surface area contributed by atoms with E-state index in [2.05, 4.69) is 72.5 Å². The number of fused-ring (bicyclic) bond motifs is 16. The molecule has 2 aliphatic carbocycles.